The minimum absolute atomic E-state index is 0.358. The van der Waals surface area contributed by atoms with E-state index in [0.717, 1.165) is 43.3 Å². The topological polar surface area (TPSA) is 59.5 Å². The molecule has 2 aromatic rings. The molecule has 1 aromatic carbocycles. The first-order chi connectivity index (χ1) is 12.1. The van der Waals surface area contributed by atoms with Gasteiger partial charge >= 0.3 is 0 Å². The van der Waals surface area contributed by atoms with Crippen LogP contribution >= 0.6 is 0 Å². The Hall–Kier alpha value is -2.18. The van der Waals surface area contributed by atoms with Gasteiger partial charge in [0, 0.05) is 37.7 Å². The molecule has 0 saturated carbocycles. The van der Waals surface area contributed by atoms with Gasteiger partial charge in [0.05, 0.1) is 13.2 Å². The van der Waals surface area contributed by atoms with E-state index in [1.54, 1.807) is 6.33 Å². The van der Waals surface area contributed by atoms with Crippen LogP contribution in [0.2, 0.25) is 0 Å². The summed E-state index contributed by atoms with van der Waals surface area (Å²) in [5.41, 5.74) is 3.53. The Balaban J connectivity index is 1.46. The number of ether oxygens (including phenoxy) is 2. The monoisotopic (exact) mass is 340 g/mol. The number of rotatable bonds is 3. The number of nitrogens with zero attached hydrogens (tertiary/aromatic N) is 3. The number of benzene rings is 1. The van der Waals surface area contributed by atoms with Gasteiger partial charge in [-0.1, -0.05) is 17.7 Å². The highest BCUT2D eigenvalue weighted by atomic mass is 16.7. The van der Waals surface area contributed by atoms with Crippen molar-refractivity contribution in [2.75, 3.05) is 36.5 Å². The summed E-state index contributed by atoms with van der Waals surface area (Å²) in [4.78, 5) is 11.1. The zero-order valence-electron chi connectivity index (χ0n) is 14.8. The molecule has 2 fully saturated rings. The third-order valence-corrected chi connectivity index (χ3v) is 4.96. The second-order valence-electron chi connectivity index (χ2n) is 6.80. The maximum Gasteiger partial charge on any atom is 0.171 e. The Morgan fingerprint density at radius 3 is 2.52 bits per heavy atom. The molecule has 0 radical (unpaired) electrons. The SMILES string of the molecule is Cc1ccc(Nc2cc(N3CCC4(CC3)OCCO4)ncn2)c(C)c1. The van der Waals surface area contributed by atoms with E-state index >= 15 is 0 Å². The fourth-order valence-corrected chi connectivity index (χ4v) is 3.54. The highest BCUT2D eigenvalue weighted by Gasteiger charge is 2.40. The van der Waals surface area contributed by atoms with Crippen LogP contribution in [0.3, 0.4) is 0 Å². The van der Waals surface area contributed by atoms with Crippen molar-refractivity contribution in [2.45, 2.75) is 32.5 Å². The van der Waals surface area contributed by atoms with Crippen LogP contribution in [-0.4, -0.2) is 42.1 Å². The van der Waals surface area contributed by atoms with Crippen molar-refractivity contribution in [3.05, 3.63) is 41.7 Å². The number of hydrogen-bond donors (Lipinski definition) is 1. The molecule has 3 heterocycles. The second-order valence-corrected chi connectivity index (χ2v) is 6.80. The molecule has 1 N–H and O–H groups in total. The first-order valence-electron chi connectivity index (χ1n) is 8.83. The summed E-state index contributed by atoms with van der Waals surface area (Å²) < 4.78 is 11.6. The minimum atomic E-state index is -0.358. The zero-order chi connectivity index (χ0) is 17.3. The Labute approximate surface area is 148 Å². The van der Waals surface area contributed by atoms with Gasteiger partial charge < -0.3 is 19.7 Å². The zero-order valence-corrected chi connectivity index (χ0v) is 14.8. The Morgan fingerprint density at radius 1 is 1.04 bits per heavy atom. The van der Waals surface area contributed by atoms with E-state index in [-0.39, 0.29) is 5.79 Å². The Kier molecular flexibility index (Phi) is 4.31. The number of aromatic nitrogens is 2. The van der Waals surface area contributed by atoms with E-state index < -0.39 is 0 Å². The molecular formula is C19H24N4O2. The number of hydrogen-bond acceptors (Lipinski definition) is 6. The highest BCUT2D eigenvalue weighted by Crippen LogP contribution is 2.33. The van der Waals surface area contributed by atoms with E-state index in [4.69, 9.17) is 9.47 Å². The summed E-state index contributed by atoms with van der Waals surface area (Å²) in [7, 11) is 0. The van der Waals surface area contributed by atoms with Crippen molar-refractivity contribution >= 4 is 17.3 Å². The molecule has 132 valence electrons. The Bertz CT molecular complexity index is 749. The van der Waals surface area contributed by atoms with Gasteiger partial charge in [-0.2, -0.15) is 0 Å². The first-order valence-corrected chi connectivity index (χ1v) is 8.83. The summed E-state index contributed by atoms with van der Waals surface area (Å²) in [6.07, 6.45) is 3.36. The van der Waals surface area contributed by atoms with Gasteiger partial charge in [0.25, 0.3) is 0 Å². The maximum atomic E-state index is 5.80. The molecule has 6 nitrogen and oxygen atoms in total. The Morgan fingerprint density at radius 2 is 1.80 bits per heavy atom. The predicted octanol–water partition coefficient (Wildman–Crippen LogP) is 3.18. The van der Waals surface area contributed by atoms with Gasteiger partial charge in [0.1, 0.15) is 18.0 Å². The van der Waals surface area contributed by atoms with Crippen molar-refractivity contribution in [1.29, 1.82) is 0 Å². The van der Waals surface area contributed by atoms with E-state index in [2.05, 4.69) is 52.2 Å². The molecule has 1 spiro atoms. The van der Waals surface area contributed by atoms with E-state index in [1.807, 2.05) is 6.07 Å². The molecule has 0 atom stereocenters. The molecule has 2 aliphatic heterocycles. The fraction of sp³-hybridized carbons (Fsp3) is 0.474. The number of aryl methyl sites for hydroxylation is 2. The van der Waals surface area contributed by atoms with Crippen LogP contribution in [0.15, 0.2) is 30.6 Å². The standard InChI is InChI=1S/C19H24N4O2/c1-14-3-4-16(15(2)11-14)22-17-12-18(21-13-20-17)23-7-5-19(6-8-23)24-9-10-25-19/h3-4,11-13H,5-10H2,1-2H3,(H,20,21,22). The average molecular weight is 340 g/mol. The molecule has 25 heavy (non-hydrogen) atoms. The number of nitrogens with one attached hydrogen (secondary N) is 1. The van der Waals surface area contributed by atoms with E-state index in [1.165, 1.54) is 11.1 Å². The quantitative estimate of drug-likeness (QED) is 0.926. The van der Waals surface area contributed by atoms with Crippen molar-refractivity contribution < 1.29 is 9.47 Å². The highest BCUT2D eigenvalue weighted by molar-refractivity contribution is 5.63. The second kappa shape index (κ2) is 6.61. The largest absolute Gasteiger partial charge is 0.356 e. The summed E-state index contributed by atoms with van der Waals surface area (Å²) >= 11 is 0. The molecule has 2 saturated heterocycles. The molecule has 2 aliphatic rings. The lowest BCUT2D eigenvalue weighted by Crippen LogP contribution is -2.45. The van der Waals surface area contributed by atoms with Crippen molar-refractivity contribution in [3.8, 4) is 0 Å². The average Bonchev–Trinajstić information content (AvgIpc) is 3.06. The third kappa shape index (κ3) is 3.45. The smallest absolute Gasteiger partial charge is 0.171 e. The minimum Gasteiger partial charge on any atom is -0.356 e. The molecule has 1 aromatic heterocycles. The van der Waals surface area contributed by atoms with Crippen LogP contribution in [-0.2, 0) is 9.47 Å². The van der Waals surface area contributed by atoms with Crippen molar-refractivity contribution in [1.82, 2.24) is 9.97 Å². The maximum absolute atomic E-state index is 5.80. The van der Waals surface area contributed by atoms with Gasteiger partial charge in [0.2, 0.25) is 0 Å². The molecular weight excluding hydrogens is 316 g/mol. The van der Waals surface area contributed by atoms with Gasteiger partial charge in [-0.25, -0.2) is 9.97 Å². The summed E-state index contributed by atoms with van der Waals surface area (Å²) in [5, 5.41) is 3.40. The molecule has 0 amide bonds. The molecule has 0 bridgehead atoms. The van der Waals surface area contributed by atoms with Crippen LogP contribution in [0.1, 0.15) is 24.0 Å². The molecule has 0 aliphatic carbocycles. The summed E-state index contributed by atoms with van der Waals surface area (Å²) in [5.74, 6) is 1.39. The van der Waals surface area contributed by atoms with Crippen LogP contribution in [0, 0.1) is 13.8 Å². The summed E-state index contributed by atoms with van der Waals surface area (Å²) in [6, 6.07) is 8.36. The summed E-state index contributed by atoms with van der Waals surface area (Å²) in [6.45, 7) is 7.36. The van der Waals surface area contributed by atoms with Crippen molar-refractivity contribution in [2.24, 2.45) is 0 Å². The fourth-order valence-electron chi connectivity index (χ4n) is 3.54. The predicted molar refractivity (Wildman–Crippen MR) is 97.3 cm³/mol. The van der Waals surface area contributed by atoms with Gasteiger partial charge in [-0.05, 0) is 25.5 Å². The van der Waals surface area contributed by atoms with Gasteiger partial charge in [0.15, 0.2) is 5.79 Å². The van der Waals surface area contributed by atoms with E-state index in [0.29, 0.717) is 13.2 Å². The first kappa shape index (κ1) is 16.3. The van der Waals surface area contributed by atoms with Gasteiger partial charge in [-0.15, -0.1) is 0 Å². The number of anilines is 3. The number of piperidine rings is 1. The van der Waals surface area contributed by atoms with E-state index in [9.17, 15) is 0 Å². The van der Waals surface area contributed by atoms with Crippen LogP contribution in [0.25, 0.3) is 0 Å². The molecule has 4 rings (SSSR count). The van der Waals surface area contributed by atoms with Crippen LogP contribution in [0.4, 0.5) is 17.3 Å². The molecule has 0 unspecified atom stereocenters. The van der Waals surface area contributed by atoms with Crippen molar-refractivity contribution in [3.63, 3.8) is 0 Å². The lowest BCUT2D eigenvalue weighted by atomic mass is 10.0. The molecule has 6 heteroatoms. The van der Waals surface area contributed by atoms with Gasteiger partial charge in [-0.3, -0.25) is 0 Å². The van der Waals surface area contributed by atoms with Crippen LogP contribution in [0.5, 0.6) is 0 Å². The lowest BCUT2D eigenvalue weighted by molar-refractivity contribution is -0.169. The normalized spacial score (nSPS) is 19.4. The third-order valence-electron chi connectivity index (χ3n) is 4.96. The lowest BCUT2D eigenvalue weighted by Gasteiger charge is -2.38. The van der Waals surface area contributed by atoms with Crippen LogP contribution < -0.4 is 10.2 Å².